The van der Waals surface area contributed by atoms with Gasteiger partial charge < -0.3 is 24.7 Å². The molecule has 0 saturated carbocycles. The number of carbonyl (C=O) groups is 1. The van der Waals surface area contributed by atoms with Gasteiger partial charge in [0.05, 0.1) is 34.7 Å². The van der Waals surface area contributed by atoms with Crippen molar-refractivity contribution in [3.63, 3.8) is 0 Å². The van der Waals surface area contributed by atoms with Crippen molar-refractivity contribution in [2.24, 2.45) is 5.92 Å². The number of aromatic nitrogens is 1. The number of piperidine rings is 1. The molecule has 10 heteroatoms. The van der Waals surface area contributed by atoms with Crippen LogP contribution < -0.4 is 15.5 Å². The van der Waals surface area contributed by atoms with E-state index in [0.29, 0.717) is 13.1 Å². The lowest BCUT2D eigenvalue weighted by atomic mass is 9.92. The molecule has 0 radical (unpaired) electrons. The molecule has 2 aromatic rings. The van der Waals surface area contributed by atoms with Crippen molar-refractivity contribution in [1.82, 2.24) is 10.3 Å². The lowest BCUT2D eigenvalue weighted by Crippen LogP contribution is -2.62. The molecule has 0 bridgehead atoms. The van der Waals surface area contributed by atoms with Crippen LogP contribution in [0, 0.1) is 11.7 Å². The zero-order chi connectivity index (χ0) is 29.2. The minimum absolute atomic E-state index is 0.0335. The Hall–Kier alpha value is -2.36. The van der Waals surface area contributed by atoms with Crippen molar-refractivity contribution in [2.45, 2.75) is 90.9 Å². The van der Waals surface area contributed by atoms with Crippen LogP contribution in [0.15, 0.2) is 36.7 Å². The van der Waals surface area contributed by atoms with Crippen molar-refractivity contribution < 1.29 is 18.3 Å². The van der Waals surface area contributed by atoms with Gasteiger partial charge in [-0.1, -0.05) is 45.4 Å². The van der Waals surface area contributed by atoms with Crippen molar-refractivity contribution >= 4 is 37.4 Å². The quantitative estimate of drug-likeness (QED) is 0.338. The zero-order valence-corrected chi connectivity index (χ0v) is 26.4. The number of hydrogen-bond acceptors (Lipinski definition) is 6. The molecule has 2 heterocycles. The summed E-state index contributed by atoms with van der Waals surface area (Å²) < 4.78 is 26.1. The van der Waals surface area contributed by atoms with E-state index in [9.17, 15) is 9.18 Å². The van der Waals surface area contributed by atoms with Crippen LogP contribution >= 0.6 is 11.6 Å². The molecule has 216 valence electrons. The van der Waals surface area contributed by atoms with Crippen LogP contribution in [0.25, 0.3) is 0 Å². The second kappa shape index (κ2) is 12.0. The molecule has 1 aliphatic heterocycles. The molecule has 3 rings (SSSR count). The molecule has 1 aliphatic rings. The minimum atomic E-state index is -2.12. The highest BCUT2D eigenvalue weighted by Crippen LogP contribution is 2.40. The lowest BCUT2D eigenvalue weighted by Gasteiger charge is -2.48. The van der Waals surface area contributed by atoms with Crippen LogP contribution in [0.2, 0.25) is 23.2 Å². The second-order valence-corrected chi connectivity index (χ2v) is 18.1. The molecule has 3 atom stereocenters. The minimum Gasteiger partial charge on any atom is -0.444 e. The summed E-state index contributed by atoms with van der Waals surface area (Å²) in [6, 6.07) is 6.37. The van der Waals surface area contributed by atoms with E-state index in [4.69, 9.17) is 20.8 Å². The van der Waals surface area contributed by atoms with Gasteiger partial charge >= 0.3 is 6.09 Å². The number of benzene rings is 1. The Morgan fingerprint density at radius 3 is 2.49 bits per heavy atom. The van der Waals surface area contributed by atoms with Crippen LogP contribution in [0.1, 0.15) is 54.0 Å². The van der Waals surface area contributed by atoms with E-state index >= 15 is 0 Å². The fraction of sp³-hybridized carbons (Fsp3) is 0.586. The monoisotopic (exact) mass is 578 g/mol. The van der Waals surface area contributed by atoms with Gasteiger partial charge in [-0.3, -0.25) is 4.98 Å². The maximum atomic E-state index is 13.6. The molecule has 1 aromatic carbocycles. The van der Waals surface area contributed by atoms with Gasteiger partial charge in [0.15, 0.2) is 8.32 Å². The van der Waals surface area contributed by atoms with E-state index in [1.807, 2.05) is 26.8 Å². The van der Waals surface area contributed by atoms with E-state index in [2.05, 4.69) is 61.3 Å². The first-order valence-electron chi connectivity index (χ1n) is 13.5. The maximum absolute atomic E-state index is 13.6. The predicted octanol–water partition coefficient (Wildman–Crippen LogP) is 7.23. The van der Waals surface area contributed by atoms with Gasteiger partial charge in [0.25, 0.3) is 0 Å². The number of nitrogens with zero attached hydrogens (tertiary/aromatic N) is 2. The van der Waals surface area contributed by atoms with Crippen molar-refractivity contribution in [2.75, 3.05) is 23.3 Å². The number of carbonyl (C=O) groups excluding carboxylic acids is 1. The number of hydrogen-bond donors (Lipinski definition) is 2. The normalized spacial score (nSPS) is 20.5. The Labute approximate surface area is 238 Å². The summed E-state index contributed by atoms with van der Waals surface area (Å²) in [4.78, 5) is 19.5. The van der Waals surface area contributed by atoms with Crippen LogP contribution in [0.4, 0.5) is 20.6 Å². The van der Waals surface area contributed by atoms with Crippen molar-refractivity contribution in [3.8, 4) is 0 Å². The Bertz CT molecular complexity index is 1150. The summed E-state index contributed by atoms with van der Waals surface area (Å²) >= 11 is 5.97. The number of ether oxygens (including phenoxy) is 1. The highest BCUT2D eigenvalue weighted by Gasteiger charge is 2.45. The van der Waals surface area contributed by atoms with Gasteiger partial charge in [-0.2, -0.15) is 0 Å². The van der Waals surface area contributed by atoms with Gasteiger partial charge in [0.1, 0.15) is 11.4 Å². The fourth-order valence-corrected chi connectivity index (χ4v) is 6.04. The molecule has 39 heavy (non-hydrogen) atoms. The number of rotatable bonds is 7. The number of pyridine rings is 1. The Balaban J connectivity index is 1.86. The number of alkyl carbamates (subject to hydrolysis) is 1. The maximum Gasteiger partial charge on any atom is 0.408 e. The summed E-state index contributed by atoms with van der Waals surface area (Å²) in [7, 11) is -2.12. The molecule has 7 nitrogen and oxygen atoms in total. The fourth-order valence-electron chi connectivity index (χ4n) is 4.41. The summed E-state index contributed by atoms with van der Waals surface area (Å²) in [6.07, 6.45) is 2.93. The van der Waals surface area contributed by atoms with E-state index in [1.54, 1.807) is 24.5 Å². The smallest absolute Gasteiger partial charge is 0.408 e. The van der Waals surface area contributed by atoms with Crippen molar-refractivity contribution in [3.05, 3.63) is 53.1 Å². The average molecular weight is 579 g/mol. The van der Waals surface area contributed by atoms with Gasteiger partial charge in [0, 0.05) is 31.7 Å². The third-order valence-corrected chi connectivity index (χ3v) is 12.2. The second-order valence-electron chi connectivity index (χ2n) is 13.0. The molecular formula is C29H44ClFN4O3Si. The van der Waals surface area contributed by atoms with Crippen LogP contribution in [-0.2, 0) is 15.7 Å². The van der Waals surface area contributed by atoms with Gasteiger partial charge in [-0.15, -0.1) is 0 Å². The first-order chi connectivity index (χ1) is 18.0. The summed E-state index contributed by atoms with van der Waals surface area (Å²) in [6.45, 7) is 20.6. The first kappa shape index (κ1) is 31.2. The van der Waals surface area contributed by atoms with E-state index in [-0.39, 0.29) is 28.1 Å². The topological polar surface area (TPSA) is 75.7 Å². The summed E-state index contributed by atoms with van der Waals surface area (Å²) in [5, 5.41) is 6.67. The van der Waals surface area contributed by atoms with Crippen molar-refractivity contribution in [1.29, 1.82) is 0 Å². The number of nitrogens with one attached hydrogen (secondary N) is 2. The third-order valence-electron chi connectivity index (χ3n) is 7.43. The number of amides is 1. The van der Waals surface area contributed by atoms with Crippen LogP contribution in [0.5, 0.6) is 0 Å². The molecule has 0 unspecified atom stereocenters. The molecule has 1 fully saturated rings. The number of anilines is 2. The summed E-state index contributed by atoms with van der Waals surface area (Å²) in [5.74, 6) is -0.312. The highest BCUT2D eigenvalue weighted by molar-refractivity contribution is 6.74. The Morgan fingerprint density at radius 1 is 1.18 bits per heavy atom. The third kappa shape index (κ3) is 8.31. The Morgan fingerprint density at radius 2 is 1.87 bits per heavy atom. The van der Waals surface area contributed by atoms with E-state index in [1.165, 1.54) is 6.07 Å². The molecule has 0 aliphatic carbocycles. The summed E-state index contributed by atoms with van der Waals surface area (Å²) in [5.41, 5.74) is 2.05. The average Bonchev–Trinajstić information content (AvgIpc) is 2.80. The predicted molar refractivity (Wildman–Crippen MR) is 160 cm³/mol. The van der Waals surface area contributed by atoms with Crippen LogP contribution in [0.3, 0.4) is 0 Å². The lowest BCUT2D eigenvalue weighted by molar-refractivity contribution is 0.0336. The van der Waals surface area contributed by atoms with E-state index in [0.717, 1.165) is 23.5 Å². The molecule has 0 spiro atoms. The largest absolute Gasteiger partial charge is 0.444 e. The zero-order valence-electron chi connectivity index (χ0n) is 24.7. The molecule has 1 aromatic heterocycles. The van der Waals surface area contributed by atoms with Gasteiger partial charge in [-0.05, 0) is 62.7 Å². The first-order valence-corrected chi connectivity index (χ1v) is 16.8. The van der Waals surface area contributed by atoms with Gasteiger partial charge in [-0.25, -0.2) is 9.18 Å². The molecular weight excluding hydrogens is 535 g/mol. The number of halogens is 2. The van der Waals surface area contributed by atoms with E-state index < -0.39 is 25.8 Å². The molecule has 1 saturated heterocycles. The van der Waals surface area contributed by atoms with Gasteiger partial charge in [0.2, 0.25) is 0 Å². The highest BCUT2D eigenvalue weighted by atomic mass is 35.5. The Kier molecular flexibility index (Phi) is 9.61. The van der Waals surface area contributed by atoms with Crippen LogP contribution in [-0.4, -0.2) is 50.2 Å². The molecule has 1 amide bonds. The molecule has 2 N–H and O–H groups in total. The SMILES string of the molecule is C[C@H]1CN(c2ccncc2NCc2ccc(F)c(Cl)c2)C[C@@H](NC(=O)OC(C)(C)C)[C@@H]1O[Si](C)(C)C(C)(C)C. The standard InChI is InChI=1S/C29H44ClFN4O3Si/c1-19-17-35(25-12-13-32-16-23(25)33-15-20-10-11-22(31)21(30)14-20)18-24(34-27(36)37-28(2,3)4)26(19)38-39(8,9)29(5,6)7/h10-14,16,19,24,26,33H,15,17-18H2,1-9H3,(H,34,36)/t19-,24+,26+/m0/s1.